The Morgan fingerprint density at radius 3 is 2.89 bits per heavy atom. The van der Waals surface area contributed by atoms with Gasteiger partial charge < -0.3 is 5.32 Å². The quantitative estimate of drug-likeness (QED) is 0.821. The van der Waals surface area contributed by atoms with E-state index in [0.29, 0.717) is 6.04 Å². The molecule has 0 saturated heterocycles. The largest absolute Gasteiger partial charge is 0.309 e. The number of nitrogens with one attached hydrogen (secondary N) is 1. The van der Waals surface area contributed by atoms with E-state index < -0.39 is 0 Å². The van der Waals surface area contributed by atoms with Gasteiger partial charge >= 0.3 is 0 Å². The van der Waals surface area contributed by atoms with Crippen LogP contribution in [-0.2, 0) is 0 Å². The minimum atomic E-state index is -0.136. The smallest absolute Gasteiger partial charge is 0.124 e. The molecule has 1 aliphatic rings. The van der Waals surface area contributed by atoms with Gasteiger partial charge in [-0.15, -0.1) is 11.3 Å². The second-order valence-corrected chi connectivity index (χ2v) is 6.57. The minimum Gasteiger partial charge on any atom is -0.309 e. The zero-order valence-electron chi connectivity index (χ0n) is 11.3. The summed E-state index contributed by atoms with van der Waals surface area (Å²) in [5, 5.41) is 4.85. The molecule has 0 aliphatic heterocycles. The molecule has 1 heterocycles. The third-order valence-electron chi connectivity index (χ3n) is 4.04. The summed E-state index contributed by atoms with van der Waals surface area (Å²) in [6.07, 6.45) is 5.16. The van der Waals surface area contributed by atoms with Crippen molar-refractivity contribution in [1.82, 2.24) is 5.32 Å². The van der Waals surface area contributed by atoms with Crippen molar-refractivity contribution in [3.05, 3.63) is 35.0 Å². The molecule has 2 aromatic rings. The van der Waals surface area contributed by atoms with Gasteiger partial charge in [-0.2, -0.15) is 0 Å². The summed E-state index contributed by atoms with van der Waals surface area (Å²) < 4.78 is 14.3. The third kappa shape index (κ3) is 2.67. The fourth-order valence-electron chi connectivity index (χ4n) is 2.75. The Kier molecular flexibility index (Phi) is 3.85. The van der Waals surface area contributed by atoms with Crippen molar-refractivity contribution in [3.63, 3.8) is 0 Å². The lowest BCUT2D eigenvalue weighted by molar-refractivity contribution is 0.234. The maximum absolute atomic E-state index is 13.3. The van der Waals surface area contributed by atoms with E-state index in [1.165, 1.54) is 29.5 Å². The fraction of sp³-hybridized carbons (Fsp3) is 0.500. The Balaban J connectivity index is 1.89. The number of thiophene rings is 1. The van der Waals surface area contributed by atoms with Gasteiger partial charge in [0.1, 0.15) is 5.82 Å². The summed E-state index contributed by atoms with van der Waals surface area (Å²) in [5.41, 5.74) is 0. The molecule has 1 saturated carbocycles. The molecule has 1 aromatic carbocycles. The van der Waals surface area contributed by atoms with Crippen molar-refractivity contribution >= 4 is 21.4 Å². The number of hydrogen-bond acceptors (Lipinski definition) is 2. The molecule has 0 bridgehead atoms. The Morgan fingerprint density at radius 1 is 1.37 bits per heavy atom. The summed E-state index contributed by atoms with van der Waals surface area (Å²) >= 11 is 1.75. The Morgan fingerprint density at radius 2 is 2.21 bits per heavy atom. The second kappa shape index (κ2) is 5.59. The lowest BCUT2D eigenvalue weighted by atomic mass is 9.79. The predicted molar refractivity (Wildman–Crippen MR) is 80.2 cm³/mol. The minimum absolute atomic E-state index is 0.136. The molecule has 0 amide bonds. The average Bonchev–Trinajstić information content (AvgIpc) is 2.74. The first-order valence-electron chi connectivity index (χ1n) is 7.20. The highest BCUT2D eigenvalue weighted by atomic mass is 32.1. The monoisotopic (exact) mass is 277 g/mol. The summed E-state index contributed by atoms with van der Waals surface area (Å²) in [6.45, 7) is 3.26. The van der Waals surface area contributed by atoms with Crippen LogP contribution in [0.25, 0.3) is 10.1 Å². The number of halogens is 1. The molecule has 1 aliphatic carbocycles. The lowest BCUT2D eigenvalue weighted by Crippen LogP contribution is -2.32. The van der Waals surface area contributed by atoms with Crippen molar-refractivity contribution in [2.45, 2.75) is 38.6 Å². The van der Waals surface area contributed by atoms with Gasteiger partial charge in [-0.3, -0.25) is 0 Å². The van der Waals surface area contributed by atoms with Crippen molar-refractivity contribution in [1.29, 1.82) is 0 Å². The normalized spacial score (nSPS) is 17.6. The highest BCUT2D eigenvalue weighted by Crippen LogP contribution is 2.41. The van der Waals surface area contributed by atoms with Crippen molar-refractivity contribution < 1.29 is 4.39 Å². The van der Waals surface area contributed by atoms with Crippen LogP contribution in [0.15, 0.2) is 24.3 Å². The molecule has 1 unspecified atom stereocenters. The van der Waals surface area contributed by atoms with Gasteiger partial charge in [0, 0.05) is 15.6 Å². The summed E-state index contributed by atoms with van der Waals surface area (Å²) in [7, 11) is 0. The lowest BCUT2D eigenvalue weighted by Gasteiger charge is -2.34. The van der Waals surface area contributed by atoms with Gasteiger partial charge in [0.25, 0.3) is 0 Å². The van der Waals surface area contributed by atoms with Gasteiger partial charge in [0.05, 0.1) is 0 Å². The first kappa shape index (κ1) is 13.1. The average molecular weight is 277 g/mol. The fourth-order valence-corrected chi connectivity index (χ4v) is 4.01. The Hall–Kier alpha value is -0.930. The van der Waals surface area contributed by atoms with Gasteiger partial charge in [0.15, 0.2) is 0 Å². The van der Waals surface area contributed by atoms with E-state index in [9.17, 15) is 4.39 Å². The zero-order valence-corrected chi connectivity index (χ0v) is 12.1. The van der Waals surface area contributed by atoms with E-state index in [1.807, 2.05) is 6.07 Å². The zero-order chi connectivity index (χ0) is 13.2. The molecule has 1 nitrogen and oxygen atoms in total. The molecule has 1 fully saturated rings. The number of benzene rings is 1. The summed E-state index contributed by atoms with van der Waals surface area (Å²) in [4.78, 5) is 1.37. The van der Waals surface area contributed by atoms with E-state index in [-0.39, 0.29) is 5.82 Å². The van der Waals surface area contributed by atoms with Gasteiger partial charge in [-0.05, 0) is 55.3 Å². The van der Waals surface area contributed by atoms with Crippen molar-refractivity contribution in [2.24, 2.45) is 5.92 Å². The highest BCUT2D eigenvalue weighted by molar-refractivity contribution is 7.19. The van der Waals surface area contributed by atoms with Crippen LogP contribution in [0.3, 0.4) is 0 Å². The molecule has 3 heteroatoms. The summed E-state index contributed by atoms with van der Waals surface area (Å²) in [5.74, 6) is 0.632. The standard InChI is InChI=1S/C16H20FNS/c1-2-8-18-16(11-4-3-5-11)15-9-12-6-7-13(17)10-14(12)19-15/h6-7,9-11,16,18H,2-5,8H2,1H3. The number of fused-ring (bicyclic) bond motifs is 1. The predicted octanol–water partition coefficient (Wildman–Crippen LogP) is 4.88. The van der Waals surface area contributed by atoms with E-state index in [0.717, 1.165) is 23.6 Å². The molecule has 1 N–H and O–H groups in total. The first-order valence-corrected chi connectivity index (χ1v) is 8.02. The Bertz CT molecular complexity index is 559. The third-order valence-corrected chi connectivity index (χ3v) is 5.22. The van der Waals surface area contributed by atoms with Crippen LogP contribution in [0.2, 0.25) is 0 Å². The summed E-state index contributed by atoms with van der Waals surface area (Å²) in [6, 6.07) is 7.81. The van der Waals surface area contributed by atoms with Crippen LogP contribution >= 0.6 is 11.3 Å². The van der Waals surface area contributed by atoms with Gasteiger partial charge in [0.2, 0.25) is 0 Å². The maximum atomic E-state index is 13.3. The van der Waals surface area contributed by atoms with E-state index >= 15 is 0 Å². The highest BCUT2D eigenvalue weighted by Gasteiger charge is 2.29. The van der Waals surface area contributed by atoms with Gasteiger partial charge in [-0.1, -0.05) is 19.4 Å². The van der Waals surface area contributed by atoms with Crippen LogP contribution in [0.1, 0.15) is 43.5 Å². The number of hydrogen-bond donors (Lipinski definition) is 1. The van der Waals surface area contributed by atoms with Crippen molar-refractivity contribution in [3.8, 4) is 0 Å². The first-order chi connectivity index (χ1) is 9.28. The Labute approximate surface area is 117 Å². The SMILES string of the molecule is CCCNC(c1cc2ccc(F)cc2s1)C1CCC1. The molecule has 1 atom stereocenters. The topological polar surface area (TPSA) is 12.0 Å². The molecule has 1 aromatic heterocycles. The van der Waals surface area contributed by atoms with Crippen LogP contribution in [0, 0.1) is 11.7 Å². The van der Waals surface area contributed by atoms with Crippen LogP contribution < -0.4 is 5.32 Å². The molecule has 3 rings (SSSR count). The van der Waals surface area contributed by atoms with Crippen LogP contribution in [-0.4, -0.2) is 6.54 Å². The van der Waals surface area contributed by atoms with Crippen LogP contribution in [0.5, 0.6) is 0 Å². The van der Waals surface area contributed by atoms with E-state index in [4.69, 9.17) is 0 Å². The van der Waals surface area contributed by atoms with Crippen LogP contribution in [0.4, 0.5) is 4.39 Å². The number of rotatable bonds is 5. The van der Waals surface area contributed by atoms with E-state index in [1.54, 1.807) is 23.5 Å². The van der Waals surface area contributed by atoms with E-state index in [2.05, 4.69) is 18.3 Å². The molecule has 19 heavy (non-hydrogen) atoms. The molecular weight excluding hydrogens is 257 g/mol. The van der Waals surface area contributed by atoms with Crippen molar-refractivity contribution in [2.75, 3.05) is 6.54 Å². The molecule has 0 radical (unpaired) electrons. The second-order valence-electron chi connectivity index (χ2n) is 5.45. The molecule has 0 spiro atoms. The maximum Gasteiger partial charge on any atom is 0.124 e. The van der Waals surface area contributed by atoms with Gasteiger partial charge in [-0.25, -0.2) is 4.39 Å². The molecule has 102 valence electrons. The molecular formula is C16H20FNS.